The van der Waals surface area contributed by atoms with Crippen molar-refractivity contribution in [1.29, 1.82) is 0 Å². The Hall–Kier alpha value is -0.160. The first-order valence-electron chi connectivity index (χ1n) is 8.24. The van der Waals surface area contributed by atoms with Crippen molar-refractivity contribution in [3.05, 3.63) is 35.9 Å². The van der Waals surface area contributed by atoms with Gasteiger partial charge in [-0.15, -0.1) is 23.5 Å². The lowest BCUT2D eigenvalue weighted by Gasteiger charge is -2.49. The Bertz CT molecular complexity index is 471. The molecule has 3 atom stereocenters. The third-order valence-corrected chi connectivity index (χ3v) is 7.47. The molecule has 0 spiro atoms. The van der Waals surface area contributed by atoms with E-state index in [9.17, 15) is 0 Å². The smallest absolute Gasteiger partial charge is 0.163 e. The molecule has 2 saturated heterocycles. The van der Waals surface area contributed by atoms with Gasteiger partial charge in [-0.05, 0) is 43.8 Å². The summed E-state index contributed by atoms with van der Waals surface area (Å²) in [7, 11) is 0. The van der Waals surface area contributed by atoms with Gasteiger partial charge in [0.25, 0.3) is 0 Å². The fraction of sp³-hybridized carbons (Fsp3) is 0.667. The molecule has 2 heterocycles. The Balaban J connectivity index is 1.92. The molecular formula is C18H26O2S2. The third kappa shape index (κ3) is 3.66. The number of thioether (sulfide) groups is 2. The molecule has 0 amide bonds. The van der Waals surface area contributed by atoms with Crippen molar-refractivity contribution in [2.24, 2.45) is 5.92 Å². The van der Waals surface area contributed by atoms with Gasteiger partial charge >= 0.3 is 0 Å². The summed E-state index contributed by atoms with van der Waals surface area (Å²) in [6, 6.07) is 10.7. The van der Waals surface area contributed by atoms with Crippen LogP contribution in [0, 0.1) is 5.92 Å². The second-order valence-corrected chi connectivity index (χ2v) is 9.25. The molecule has 0 bridgehead atoms. The van der Waals surface area contributed by atoms with Gasteiger partial charge in [0.2, 0.25) is 0 Å². The normalized spacial score (nSPS) is 32.8. The van der Waals surface area contributed by atoms with E-state index in [0.717, 1.165) is 6.42 Å². The molecular weight excluding hydrogens is 312 g/mol. The van der Waals surface area contributed by atoms with E-state index >= 15 is 0 Å². The summed E-state index contributed by atoms with van der Waals surface area (Å²) in [5.74, 6) is 2.42. The van der Waals surface area contributed by atoms with Gasteiger partial charge in [-0.25, -0.2) is 0 Å². The maximum atomic E-state index is 6.41. The van der Waals surface area contributed by atoms with Crippen LogP contribution < -0.4 is 0 Å². The van der Waals surface area contributed by atoms with Crippen molar-refractivity contribution in [2.75, 3.05) is 11.5 Å². The predicted molar refractivity (Wildman–Crippen MR) is 96.3 cm³/mol. The largest absolute Gasteiger partial charge is 0.347 e. The van der Waals surface area contributed by atoms with Crippen LogP contribution in [-0.2, 0) is 9.47 Å². The molecule has 2 aliphatic heterocycles. The Labute approximate surface area is 142 Å². The molecule has 0 aliphatic carbocycles. The van der Waals surface area contributed by atoms with Gasteiger partial charge in [-0.1, -0.05) is 37.3 Å². The molecule has 0 saturated carbocycles. The fourth-order valence-electron chi connectivity index (χ4n) is 3.38. The zero-order valence-electron chi connectivity index (χ0n) is 13.7. The number of hydrogen-bond acceptors (Lipinski definition) is 4. The molecule has 0 aromatic heterocycles. The van der Waals surface area contributed by atoms with E-state index in [4.69, 9.17) is 9.47 Å². The Morgan fingerprint density at radius 3 is 2.41 bits per heavy atom. The van der Waals surface area contributed by atoms with Crippen LogP contribution >= 0.6 is 23.5 Å². The maximum absolute atomic E-state index is 6.41. The summed E-state index contributed by atoms with van der Waals surface area (Å²) in [5.41, 5.74) is 1.29. The highest BCUT2D eigenvalue weighted by molar-refractivity contribution is 8.17. The monoisotopic (exact) mass is 338 g/mol. The van der Waals surface area contributed by atoms with Crippen LogP contribution in [0.2, 0.25) is 0 Å². The lowest BCUT2D eigenvalue weighted by atomic mass is 9.88. The van der Waals surface area contributed by atoms with Crippen LogP contribution in [0.1, 0.15) is 45.3 Å². The van der Waals surface area contributed by atoms with Gasteiger partial charge in [0.1, 0.15) is 0 Å². The Morgan fingerprint density at radius 1 is 1.09 bits per heavy atom. The number of ether oxygens (including phenoxy) is 2. The van der Waals surface area contributed by atoms with Crippen LogP contribution in [0.5, 0.6) is 0 Å². The van der Waals surface area contributed by atoms with Gasteiger partial charge in [-0.3, -0.25) is 0 Å². The lowest BCUT2D eigenvalue weighted by molar-refractivity contribution is -0.322. The van der Waals surface area contributed by atoms with Gasteiger partial charge in [-0.2, -0.15) is 0 Å². The summed E-state index contributed by atoms with van der Waals surface area (Å²) < 4.78 is 13.3. The molecule has 22 heavy (non-hydrogen) atoms. The van der Waals surface area contributed by atoms with Gasteiger partial charge in [0.05, 0.1) is 16.8 Å². The zero-order chi connectivity index (χ0) is 15.6. The second-order valence-electron chi connectivity index (χ2n) is 6.45. The fourth-order valence-corrected chi connectivity index (χ4v) is 6.70. The van der Waals surface area contributed by atoms with Crippen LogP contribution in [0.25, 0.3) is 0 Å². The number of rotatable bonds is 3. The van der Waals surface area contributed by atoms with Crippen LogP contribution in [0.15, 0.2) is 30.3 Å². The van der Waals surface area contributed by atoms with Crippen molar-refractivity contribution < 1.29 is 9.47 Å². The quantitative estimate of drug-likeness (QED) is 0.763. The summed E-state index contributed by atoms with van der Waals surface area (Å²) >= 11 is 4.18. The van der Waals surface area contributed by atoms with E-state index in [1.54, 1.807) is 0 Å². The Kier molecular flexibility index (Phi) is 5.43. The van der Waals surface area contributed by atoms with Gasteiger partial charge in [0.15, 0.2) is 5.79 Å². The van der Waals surface area contributed by atoms with Crippen molar-refractivity contribution in [2.45, 2.75) is 56.2 Å². The highest BCUT2D eigenvalue weighted by Gasteiger charge is 2.47. The van der Waals surface area contributed by atoms with Crippen LogP contribution in [0.3, 0.4) is 0 Å². The topological polar surface area (TPSA) is 18.5 Å². The Morgan fingerprint density at radius 2 is 1.77 bits per heavy atom. The molecule has 4 heteroatoms. The van der Waals surface area contributed by atoms with E-state index in [1.807, 2.05) is 13.8 Å². The molecule has 0 unspecified atom stereocenters. The highest BCUT2D eigenvalue weighted by Crippen LogP contribution is 2.49. The molecule has 2 nitrogen and oxygen atoms in total. The summed E-state index contributed by atoms with van der Waals surface area (Å²) in [4.78, 5) is 0. The molecule has 122 valence electrons. The predicted octanol–water partition coefficient (Wildman–Crippen LogP) is 5.10. The molecule has 2 fully saturated rings. The van der Waals surface area contributed by atoms with Crippen LogP contribution in [-0.4, -0.2) is 28.0 Å². The third-order valence-electron chi connectivity index (χ3n) is 4.32. The van der Waals surface area contributed by atoms with Crippen molar-refractivity contribution in [3.8, 4) is 0 Å². The average Bonchev–Trinajstić information content (AvgIpc) is 2.55. The van der Waals surface area contributed by atoms with E-state index in [1.165, 1.54) is 23.5 Å². The molecule has 1 aromatic rings. The van der Waals surface area contributed by atoms with E-state index in [2.05, 4.69) is 60.8 Å². The number of hydrogen-bond donors (Lipinski definition) is 0. The first-order chi connectivity index (χ1) is 10.6. The zero-order valence-corrected chi connectivity index (χ0v) is 15.3. The van der Waals surface area contributed by atoms with E-state index in [-0.39, 0.29) is 12.2 Å². The van der Waals surface area contributed by atoms with Crippen molar-refractivity contribution in [3.63, 3.8) is 0 Å². The van der Waals surface area contributed by atoms with Crippen molar-refractivity contribution >= 4 is 23.5 Å². The van der Waals surface area contributed by atoms with E-state index < -0.39 is 5.79 Å². The van der Waals surface area contributed by atoms with E-state index in [0.29, 0.717) is 10.5 Å². The highest BCUT2D eigenvalue weighted by atomic mass is 32.2. The second kappa shape index (κ2) is 7.16. The maximum Gasteiger partial charge on any atom is 0.163 e. The van der Waals surface area contributed by atoms with Gasteiger partial charge < -0.3 is 9.47 Å². The molecule has 2 aliphatic rings. The van der Waals surface area contributed by atoms with Crippen molar-refractivity contribution in [1.82, 2.24) is 0 Å². The molecule has 0 radical (unpaired) electrons. The summed E-state index contributed by atoms with van der Waals surface area (Å²) in [6.07, 6.45) is 2.74. The van der Waals surface area contributed by atoms with Crippen LogP contribution in [0.4, 0.5) is 0 Å². The summed E-state index contributed by atoms with van der Waals surface area (Å²) in [5, 5.41) is 0. The standard InChI is InChI=1S/C18H26O2S2/c1-4-14-15(17-21-11-8-12-22-17)16(20-18(2,3)19-14)13-9-6-5-7-10-13/h5-7,9-10,14-17H,4,8,11-12H2,1-3H3/t14-,15-,16-/m0/s1. The first-order valence-corrected chi connectivity index (χ1v) is 10.3. The lowest BCUT2D eigenvalue weighted by Crippen LogP contribution is -2.50. The summed E-state index contributed by atoms with van der Waals surface area (Å²) in [6.45, 7) is 6.32. The molecule has 3 rings (SSSR count). The number of benzene rings is 1. The first kappa shape index (κ1) is 16.7. The average molecular weight is 339 g/mol. The molecule has 1 aromatic carbocycles. The minimum Gasteiger partial charge on any atom is -0.347 e. The van der Waals surface area contributed by atoms with Gasteiger partial charge in [0, 0.05) is 5.92 Å². The minimum absolute atomic E-state index is 0.123. The minimum atomic E-state index is -0.512. The molecule has 0 N–H and O–H groups in total. The SMILES string of the molecule is CC[C@@H]1OC(C)(C)O[C@@H](c2ccccc2)[C@H]1C1SCCCS1.